The van der Waals surface area contributed by atoms with E-state index < -0.39 is 41.8 Å². The van der Waals surface area contributed by atoms with Crippen LogP contribution in [0.2, 0.25) is 0 Å². The SMILES string of the molecule is O=C(CCl)Nc1ccc(C#Cc2ccc(NC(=O)CCl)cc2S(=O)(=O)O)c(S(=O)(=O)O)c1. The Bertz CT molecular complexity index is 1250. The van der Waals surface area contributed by atoms with Crippen LogP contribution in [0.3, 0.4) is 0 Å². The third-order valence-electron chi connectivity index (χ3n) is 3.66. The lowest BCUT2D eigenvalue weighted by atomic mass is 10.1. The standard InChI is InChI=1S/C18H14Cl2N2O8S2/c19-9-17(23)21-13-5-3-11(15(7-13)31(25,26)27)1-2-12-4-6-14(22-18(24)10-20)8-16(12)32(28,29)30/h3-8H,9-10H2,(H,21,23)(H,22,24)(H,25,26,27)(H,28,29,30). The van der Waals surface area contributed by atoms with Crippen LogP contribution in [-0.2, 0) is 29.8 Å². The first-order chi connectivity index (χ1) is 14.8. The highest BCUT2D eigenvalue weighted by atomic mass is 35.5. The molecule has 0 aliphatic carbocycles. The van der Waals surface area contributed by atoms with Gasteiger partial charge in [-0.25, -0.2) is 0 Å². The van der Waals surface area contributed by atoms with Gasteiger partial charge in [-0.15, -0.1) is 23.2 Å². The minimum atomic E-state index is -4.78. The maximum Gasteiger partial charge on any atom is 0.295 e. The van der Waals surface area contributed by atoms with Crippen LogP contribution in [0.1, 0.15) is 11.1 Å². The van der Waals surface area contributed by atoms with Crippen LogP contribution in [-0.4, -0.2) is 49.5 Å². The number of halogens is 2. The van der Waals surface area contributed by atoms with Crippen molar-refractivity contribution >= 4 is 66.6 Å². The van der Waals surface area contributed by atoms with E-state index in [2.05, 4.69) is 22.5 Å². The van der Waals surface area contributed by atoms with E-state index in [0.29, 0.717) is 0 Å². The summed E-state index contributed by atoms with van der Waals surface area (Å²) in [5.74, 6) is 2.79. The Morgan fingerprint density at radius 3 is 1.38 bits per heavy atom. The smallest absolute Gasteiger partial charge is 0.295 e. The van der Waals surface area contributed by atoms with E-state index in [1.54, 1.807) is 0 Å². The Kier molecular flexibility index (Phi) is 8.24. The number of anilines is 2. The maximum absolute atomic E-state index is 11.7. The summed E-state index contributed by atoms with van der Waals surface area (Å²) >= 11 is 10.8. The van der Waals surface area contributed by atoms with Gasteiger partial charge in [-0.05, 0) is 36.4 Å². The molecule has 2 rings (SSSR count). The summed E-state index contributed by atoms with van der Waals surface area (Å²) in [6, 6.07) is 6.80. The van der Waals surface area contributed by atoms with Gasteiger partial charge in [0, 0.05) is 22.5 Å². The number of amides is 2. The molecule has 0 saturated heterocycles. The van der Waals surface area contributed by atoms with Crippen LogP contribution >= 0.6 is 23.2 Å². The van der Waals surface area contributed by atoms with Crippen molar-refractivity contribution in [3.8, 4) is 11.8 Å². The van der Waals surface area contributed by atoms with Crippen molar-refractivity contribution in [1.82, 2.24) is 0 Å². The molecule has 0 aromatic heterocycles. The number of carbonyl (C=O) groups excluding carboxylic acids is 2. The highest BCUT2D eigenvalue weighted by Crippen LogP contribution is 2.23. The van der Waals surface area contributed by atoms with Gasteiger partial charge in [-0.3, -0.25) is 18.7 Å². The Labute approximate surface area is 193 Å². The summed E-state index contributed by atoms with van der Waals surface area (Å²) in [7, 11) is -9.56. The number of hydrogen-bond acceptors (Lipinski definition) is 6. The second-order valence-corrected chi connectivity index (χ2v) is 9.30. The molecule has 0 aliphatic rings. The molecule has 10 nitrogen and oxygen atoms in total. The van der Waals surface area contributed by atoms with Crippen molar-refractivity contribution in [2.75, 3.05) is 22.4 Å². The molecule has 0 heterocycles. The largest absolute Gasteiger partial charge is 0.325 e. The molecular formula is C18H14Cl2N2O8S2. The number of hydrogen-bond donors (Lipinski definition) is 4. The predicted molar refractivity (Wildman–Crippen MR) is 117 cm³/mol. The van der Waals surface area contributed by atoms with E-state index in [4.69, 9.17) is 23.2 Å². The van der Waals surface area contributed by atoms with Gasteiger partial charge in [0.15, 0.2) is 0 Å². The van der Waals surface area contributed by atoms with Gasteiger partial charge in [-0.2, -0.15) is 16.8 Å². The van der Waals surface area contributed by atoms with Crippen molar-refractivity contribution < 1.29 is 35.5 Å². The van der Waals surface area contributed by atoms with Gasteiger partial charge in [0.05, 0.1) is 0 Å². The van der Waals surface area contributed by atoms with E-state index in [0.717, 1.165) is 12.1 Å². The molecule has 4 N–H and O–H groups in total. The summed E-state index contributed by atoms with van der Waals surface area (Å²) in [5.41, 5.74) is -0.409. The molecule has 2 aromatic rings. The average Bonchev–Trinajstić information content (AvgIpc) is 2.71. The number of nitrogens with one attached hydrogen (secondary N) is 2. The van der Waals surface area contributed by atoms with Crippen LogP contribution in [0.5, 0.6) is 0 Å². The Balaban J connectivity index is 2.57. The Morgan fingerprint density at radius 2 is 1.09 bits per heavy atom. The first-order valence-electron chi connectivity index (χ1n) is 8.32. The molecule has 32 heavy (non-hydrogen) atoms. The fourth-order valence-corrected chi connectivity index (χ4v) is 3.84. The summed E-state index contributed by atoms with van der Waals surface area (Å²) in [4.78, 5) is 21.5. The second kappa shape index (κ2) is 10.3. The third kappa shape index (κ3) is 6.92. The second-order valence-electron chi connectivity index (χ2n) is 5.99. The summed E-state index contributed by atoms with van der Waals surface area (Å²) in [6.45, 7) is 0. The van der Waals surface area contributed by atoms with Crippen molar-refractivity contribution in [3.63, 3.8) is 0 Å². The molecule has 0 unspecified atom stereocenters. The fraction of sp³-hybridized carbons (Fsp3) is 0.111. The van der Waals surface area contributed by atoms with Crippen LogP contribution in [0.4, 0.5) is 11.4 Å². The van der Waals surface area contributed by atoms with Crippen LogP contribution in [0.15, 0.2) is 46.2 Å². The molecule has 0 atom stereocenters. The molecule has 170 valence electrons. The van der Waals surface area contributed by atoms with Crippen LogP contribution in [0.25, 0.3) is 0 Å². The summed E-state index contributed by atoms with van der Waals surface area (Å²) in [5, 5.41) is 4.62. The molecule has 0 spiro atoms. The van der Waals surface area contributed by atoms with Crippen molar-refractivity contribution in [2.45, 2.75) is 9.79 Å². The molecule has 2 amide bonds. The van der Waals surface area contributed by atoms with Gasteiger partial charge in [-0.1, -0.05) is 11.8 Å². The lowest BCUT2D eigenvalue weighted by Gasteiger charge is -2.08. The van der Waals surface area contributed by atoms with Crippen LogP contribution in [0, 0.1) is 11.8 Å². The Hall–Kier alpha value is -2.66. The van der Waals surface area contributed by atoms with Crippen molar-refractivity contribution in [1.29, 1.82) is 0 Å². The molecule has 2 aromatic carbocycles. The monoisotopic (exact) mass is 520 g/mol. The number of rotatable bonds is 6. The van der Waals surface area contributed by atoms with E-state index in [-0.39, 0.29) is 34.3 Å². The Morgan fingerprint density at radius 1 is 0.750 bits per heavy atom. The maximum atomic E-state index is 11.7. The molecule has 0 radical (unpaired) electrons. The lowest BCUT2D eigenvalue weighted by molar-refractivity contribution is -0.114. The first-order valence-corrected chi connectivity index (χ1v) is 12.3. The molecule has 0 fully saturated rings. The van der Waals surface area contributed by atoms with Gasteiger partial charge in [0.1, 0.15) is 21.6 Å². The van der Waals surface area contributed by atoms with Gasteiger partial charge in [0.25, 0.3) is 20.2 Å². The number of carbonyl (C=O) groups is 2. The van der Waals surface area contributed by atoms with Crippen LogP contribution < -0.4 is 10.6 Å². The molecule has 0 aliphatic heterocycles. The van der Waals surface area contributed by atoms with E-state index >= 15 is 0 Å². The van der Waals surface area contributed by atoms with Crippen molar-refractivity contribution in [3.05, 3.63) is 47.5 Å². The zero-order valence-corrected chi connectivity index (χ0v) is 18.9. The summed E-state index contributed by atoms with van der Waals surface area (Å²) < 4.78 is 65.9. The van der Waals surface area contributed by atoms with Gasteiger partial charge >= 0.3 is 0 Å². The van der Waals surface area contributed by atoms with E-state index in [9.17, 15) is 35.5 Å². The lowest BCUT2D eigenvalue weighted by Crippen LogP contribution is -2.13. The normalized spacial score (nSPS) is 11.2. The fourth-order valence-electron chi connectivity index (χ4n) is 2.36. The summed E-state index contributed by atoms with van der Waals surface area (Å²) in [6.07, 6.45) is 0. The molecular weight excluding hydrogens is 507 g/mol. The zero-order valence-electron chi connectivity index (χ0n) is 15.8. The molecule has 0 bridgehead atoms. The highest BCUT2D eigenvalue weighted by molar-refractivity contribution is 7.86. The topological polar surface area (TPSA) is 167 Å². The van der Waals surface area contributed by atoms with Gasteiger partial charge in [0.2, 0.25) is 11.8 Å². The van der Waals surface area contributed by atoms with E-state index in [1.807, 2.05) is 0 Å². The molecule has 0 saturated carbocycles. The van der Waals surface area contributed by atoms with Crippen molar-refractivity contribution in [2.24, 2.45) is 0 Å². The van der Waals surface area contributed by atoms with E-state index in [1.165, 1.54) is 24.3 Å². The number of alkyl halides is 2. The average molecular weight is 521 g/mol. The minimum Gasteiger partial charge on any atom is -0.325 e. The minimum absolute atomic E-state index is 0.0202. The highest BCUT2D eigenvalue weighted by Gasteiger charge is 2.18. The first kappa shape index (κ1) is 25.6. The third-order valence-corrected chi connectivity index (χ3v) is 5.93. The zero-order chi connectivity index (χ0) is 24.1. The predicted octanol–water partition coefficient (Wildman–Crippen LogP) is 1.93. The van der Waals surface area contributed by atoms with Gasteiger partial charge < -0.3 is 10.6 Å². The quantitative estimate of drug-likeness (QED) is 0.254. The number of benzene rings is 2. The molecule has 14 heteroatoms.